The summed E-state index contributed by atoms with van der Waals surface area (Å²) in [5.41, 5.74) is 0. The SMILES string of the molecule is O=C(NC1CCC1)c1nnc2n1C[C@H]1CN(Cc3cccs3)C[C@@H]1C2. The molecule has 2 fully saturated rings. The van der Waals surface area contributed by atoms with Gasteiger partial charge in [0, 0.05) is 43.5 Å². The highest BCUT2D eigenvalue weighted by atomic mass is 32.1. The number of nitrogens with one attached hydrogen (secondary N) is 1. The van der Waals surface area contributed by atoms with Gasteiger partial charge >= 0.3 is 0 Å². The molecule has 1 N–H and O–H groups in total. The van der Waals surface area contributed by atoms with E-state index in [1.807, 2.05) is 11.3 Å². The molecule has 0 spiro atoms. The Hall–Kier alpha value is -1.73. The molecule has 0 aromatic carbocycles. The number of aromatic nitrogens is 3. The molecule has 1 aliphatic carbocycles. The Labute approximate surface area is 151 Å². The number of hydrogen-bond donors (Lipinski definition) is 1. The molecule has 5 rings (SSSR count). The summed E-state index contributed by atoms with van der Waals surface area (Å²) in [5.74, 6) is 2.68. The second-order valence-electron chi connectivity index (χ2n) is 7.65. The van der Waals surface area contributed by atoms with Crippen LogP contribution in [0.15, 0.2) is 17.5 Å². The molecule has 1 saturated carbocycles. The van der Waals surface area contributed by atoms with E-state index in [1.165, 1.54) is 11.3 Å². The van der Waals surface area contributed by atoms with Crippen LogP contribution in [0.25, 0.3) is 0 Å². The van der Waals surface area contributed by atoms with Crippen molar-refractivity contribution in [2.45, 2.75) is 44.8 Å². The van der Waals surface area contributed by atoms with Crippen LogP contribution in [0.4, 0.5) is 0 Å². The molecule has 0 unspecified atom stereocenters. The third-order valence-corrected chi connectivity index (χ3v) is 6.81. The van der Waals surface area contributed by atoms with Crippen LogP contribution in [-0.2, 0) is 19.5 Å². The molecular weight excluding hydrogens is 334 g/mol. The normalized spacial score (nSPS) is 26.1. The van der Waals surface area contributed by atoms with Crippen LogP contribution in [0.3, 0.4) is 0 Å². The molecule has 1 saturated heterocycles. The van der Waals surface area contributed by atoms with Gasteiger partial charge in [-0.1, -0.05) is 6.07 Å². The minimum atomic E-state index is -0.0460. The first-order valence-electron chi connectivity index (χ1n) is 9.24. The summed E-state index contributed by atoms with van der Waals surface area (Å²) in [5, 5.41) is 13.8. The first-order chi connectivity index (χ1) is 12.3. The van der Waals surface area contributed by atoms with Gasteiger partial charge in [-0.25, -0.2) is 0 Å². The van der Waals surface area contributed by atoms with Crippen molar-refractivity contribution in [2.24, 2.45) is 11.8 Å². The number of likely N-dealkylation sites (tertiary alicyclic amines) is 1. The third kappa shape index (κ3) is 2.89. The Morgan fingerprint density at radius 1 is 1.24 bits per heavy atom. The number of carbonyl (C=O) groups excluding carboxylic acids is 1. The van der Waals surface area contributed by atoms with Gasteiger partial charge < -0.3 is 9.88 Å². The third-order valence-electron chi connectivity index (χ3n) is 5.94. The van der Waals surface area contributed by atoms with Crippen molar-refractivity contribution in [1.29, 1.82) is 0 Å². The smallest absolute Gasteiger partial charge is 0.289 e. The highest BCUT2D eigenvalue weighted by molar-refractivity contribution is 7.09. The zero-order valence-electron chi connectivity index (χ0n) is 14.2. The Morgan fingerprint density at radius 2 is 2.12 bits per heavy atom. The van der Waals surface area contributed by atoms with Gasteiger partial charge in [0.25, 0.3) is 5.91 Å². The van der Waals surface area contributed by atoms with Crippen LogP contribution in [-0.4, -0.2) is 44.7 Å². The fraction of sp³-hybridized carbons (Fsp3) is 0.611. The van der Waals surface area contributed by atoms with Gasteiger partial charge in [0.15, 0.2) is 0 Å². The van der Waals surface area contributed by atoms with Gasteiger partial charge in [-0.3, -0.25) is 9.69 Å². The van der Waals surface area contributed by atoms with E-state index in [9.17, 15) is 4.79 Å². The van der Waals surface area contributed by atoms with Gasteiger partial charge in [0.2, 0.25) is 5.82 Å². The van der Waals surface area contributed by atoms with E-state index in [-0.39, 0.29) is 5.91 Å². The second-order valence-corrected chi connectivity index (χ2v) is 8.68. The molecule has 2 atom stereocenters. The summed E-state index contributed by atoms with van der Waals surface area (Å²) in [6.45, 7) is 4.14. The highest BCUT2D eigenvalue weighted by Crippen LogP contribution is 2.33. The average molecular weight is 357 g/mol. The molecular formula is C18H23N5OS. The lowest BCUT2D eigenvalue weighted by molar-refractivity contribution is 0.0898. The highest BCUT2D eigenvalue weighted by Gasteiger charge is 2.39. The van der Waals surface area contributed by atoms with Crippen molar-refractivity contribution < 1.29 is 4.79 Å². The second kappa shape index (κ2) is 6.21. The lowest BCUT2D eigenvalue weighted by atomic mass is 9.89. The zero-order valence-corrected chi connectivity index (χ0v) is 15.0. The lowest BCUT2D eigenvalue weighted by Crippen LogP contribution is -2.41. The summed E-state index contributed by atoms with van der Waals surface area (Å²) in [7, 11) is 0. The largest absolute Gasteiger partial charge is 0.347 e. The maximum Gasteiger partial charge on any atom is 0.289 e. The topological polar surface area (TPSA) is 63.1 Å². The summed E-state index contributed by atoms with van der Waals surface area (Å²) >= 11 is 1.83. The van der Waals surface area contributed by atoms with E-state index in [4.69, 9.17) is 0 Å². The minimum Gasteiger partial charge on any atom is -0.347 e. The van der Waals surface area contributed by atoms with Crippen molar-refractivity contribution >= 4 is 17.2 Å². The number of fused-ring (bicyclic) bond motifs is 2. The van der Waals surface area contributed by atoms with Crippen LogP contribution in [0.2, 0.25) is 0 Å². The Balaban J connectivity index is 1.28. The number of thiophene rings is 1. The Bertz CT molecular complexity index is 767. The molecule has 2 aromatic heterocycles. The van der Waals surface area contributed by atoms with Crippen molar-refractivity contribution in [2.75, 3.05) is 13.1 Å². The molecule has 0 radical (unpaired) electrons. The predicted molar refractivity (Wildman–Crippen MR) is 95.4 cm³/mol. The molecule has 6 nitrogen and oxygen atoms in total. The Morgan fingerprint density at radius 3 is 2.88 bits per heavy atom. The molecule has 2 aromatic rings. The van der Waals surface area contributed by atoms with Crippen molar-refractivity contribution in [3.63, 3.8) is 0 Å². The summed E-state index contributed by atoms with van der Waals surface area (Å²) in [6, 6.07) is 4.67. The van der Waals surface area contributed by atoms with Crippen molar-refractivity contribution in [3.8, 4) is 0 Å². The number of amides is 1. The van der Waals surface area contributed by atoms with Crippen LogP contribution < -0.4 is 5.32 Å². The number of nitrogens with zero attached hydrogens (tertiary/aromatic N) is 4. The fourth-order valence-electron chi connectivity index (χ4n) is 4.34. The molecule has 1 amide bonds. The minimum absolute atomic E-state index is 0.0460. The first kappa shape index (κ1) is 15.5. The molecule has 7 heteroatoms. The van der Waals surface area contributed by atoms with Crippen LogP contribution in [0.1, 0.15) is 40.6 Å². The quantitative estimate of drug-likeness (QED) is 0.908. The lowest BCUT2D eigenvalue weighted by Gasteiger charge is -2.28. The van der Waals surface area contributed by atoms with Crippen molar-refractivity contribution in [1.82, 2.24) is 25.0 Å². The standard InChI is InChI=1S/C18H23N5OS/c24-18(19-14-3-1-4-14)17-21-20-16-7-12-8-22(9-13(12)10-23(16)17)11-15-5-2-6-25-15/h2,5-6,12-14H,1,3-4,7-11H2,(H,19,24)/t12-,13+/m0/s1. The zero-order chi connectivity index (χ0) is 16.8. The summed E-state index contributed by atoms with van der Waals surface area (Å²) < 4.78 is 2.07. The average Bonchev–Trinajstić information content (AvgIpc) is 3.27. The monoisotopic (exact) mass is 357 g/mol. The van der Waals surface area contributed by atoms with Crippen LogP contribution in [0, 0.1) is 11.8 Å². The molecule has 132 valence electrons. The molecule has 25 heavy (non-hydrogen) atoms. The number of hydrogen-bond acceptors (Lipinski definition) is 5. The van der Waals surface area contributed by atoms with E-state index >= 15 is 0 Å². The van der Waals surface area contributed by atoms with E-state index in [0.29, 0.717) is 23.7 Å². The van der Waals surface area contributed by atoms with Gasteiger partial charge in [0.05, 0.1) is 0 Å². The summed E-state index contributed by atoms with van der Waals surface area (Å²) in [6.07, 6.45) is 4.34. The predicted octanol–water partition coefficient (Wildman–Crippen LogP) is 1.93. The van der Waals surface area contributed by atoms with E-state index in [2.05, 4.69) is 42.5 Å². The van der Waals surface area contributed by atoms with Gasteiger partial charge in [0.1, 0.15) is 5.82 Å². The van der Waals surface area contributed by atoms with E-state index < -0.39 is 0 Å². The number of carbonyl (C=O) groups is 1. The molecule has 3 aliphatic rings. The Kier molecular flexibility index (Phi) is 3.86. The van der Waals surface area contributed by atoms with Gasteiger partial charge in [-0.2, -0.15) is 0 Å². The molecule has 0 bridgehead atoms. The van der Waals surface area contributed by atoms with E-state index in [0.717, 1.165) is 51.3 Å². The fourth-order valence-corrected chi connectivity index (χ4v) is 5.09. The van der Waals surface area contributed by atoms with E-state index in [1.54, 1.807) is 0 Å². The maximum atomic E-state index is 12.5. The van der Waals surface area contributed by atoms with Gasteiger partial charge in [-0.05, 0) is 42.5 Å². The number of rotatable bonds is 4. The maximum absolute atomic E-state index is 12.5. The molecule has 2 aliphatic heterocycles. The summed E-state index contributed by atoms with van der Waals surface area (Å²) in [4.78, 5) is 16.5. The molecule has 4 heterocycles. The van der Waals surface area contributed by atoms with Crippen LogP contribution >= 0.6 is 11.3 Å². The van der Waals surface area contributed by atoms with Crippen LogP contribution in [0.5, 0.6) is 0 Å². The van der Waals surface area contributed by atoms with Crippen molar-refractivity contribution in [3.05, 3.63) is 34.0 Å². The first-order valence-corrected chi connectivity index (χ1v) is 10.1. The van der Waals surface area contributed by atoms with Gasteiger partial charge in [-0.15, -0.1) is 21.5 Å².